The summed E-state index contributed by atoms with van der Waals surface area (Å²) in [7, 11) is 0. The highest BCUT2D eigenvalue weighted by Gasteiger charge is 2.17. The predicted molar refractivity (Wildman–Crippen MR) is 82.9 cm³/mol. The maximum atomic E-state index is 11.9. The molecule has 0 fully saturated rings. The molecule has 114 valence electrons. The molecule has 4 N–H and O–H groups in total. The van der Waals surface area contributed by atoms with Gasteiger partial charge in [-0.15, -0.1) is 0 Å². The standard InChI is InChI=1S/C16H16N2O4/c1-9-3-5-13(19)11(7-9)17-15(21)16(22)18-12-8-10(2)4-6-14(12)20/h3-8,19-20H,1-2H3,(H,17,21)(H,18,22). The van der Waals surface area contributed by atoms with Crippen LogP contribution in [0.5, 0.6) is 11.5 Å². The Labute approximate surface area is 127 Å². The van der Waals surface area contributed by atoms with Gasteiger partial charge in [0.1, 0.15) is 11.5 Å². The van der Waals surface area contributed by atoms with Crippen molar-refractivity contribution in [3.8, 4) is 11.5 Å². The van der Waals surface area contributed by atoms with Crippen molar-refractivity contribution >= 4 is 23.2 Å². The molecule has 2 aromatic carbocycles. The van der Waals surface area contributed by atoms with E-state index in [1.165, 1.54) is 12.1 Å². The highest BCUT2D eigenvalue weighted by atomic mass is 16.3. The second-order valence-electron chi connectivity index (χ2n) is 4.95. The SMILES string of the molecule is Cc1ccc(O)c(NC(=O)C(=O)Nc2cc(C)ccc2O)c1. The van der Waals surface area contributed by atoms with Gasteiger partial charge in [0.15, 0.2) is 0 Å². The van der Waals surface area contributed by atoms with E-state index in [4.69, 9.17) is 0 Å². The van der Waals surface area contributed by atoms with Crippen molar-refractivity contribution in [2.24, 2.45) is 0 Å². The van der Waals surface area contributed by atoms with Crippen LogP contribution in [0.1, 0.15) is 11.1 Å². The maximum absolute atomic E-state index is 11.9. The van der Waals surface area contributed by atoms with Crippen LogP contribution in [0.15, 0.2) is 36.4 Å². The van der Waals surface area contributed by atoms with Crippen LogP contribution in [0.2, 0.25) is 0 Å². The van der Waals surface area contributed by atoms with E-state index in [0.29, 0.717) is 0 Å². The van der Waals surface area contributed by atoms with Crippen LogP contribution < -0.4 is 10.6 Å². The molecule has 0 aromatic heterocycles. The molecule has 0 heterocycles. The fraction of sp³-hybridized carbons (Fsp3) is 0.125. The lowest BCUT2D eigenvalue weighted by atomic mass is 10.2. The summed E-state index contributed by atoms with van der Waals surface area (Å²) < 4.78 is 0. The first-order chi connectivity index (χ1) is 10.4. The zero-order valence-corrected chi connectivity index (χ0v) is 12.2. The first-order valence-electron chi connectivity index (χ1n) is 6.58. The van der Waals surface area contributed by atoms with E-state index in [1.54, 1.807) is 38.1 Å². The second kappa shape index (κ2) is 6.17. The van der Waals surface area contributed by atoms with Crippen LogP contribution in [-0.4, -0.2) is 22.0 Å². The van der Waals surface area contributed by atoms with Crippen molar-refractivity contribution < 1.29 is 19.8 Å². The molecule has 0 unspecified atom stereocenters. The number of aromatic hydroxyl groups is 2. The normalized spacial score (nSPS) is 10.1. The molecule has 0 aliphatic carbocycles. The van der Waals surface area contributed by atoms with Crippen LogP contribution in [0.4, 0.5) is 11.4 Å². The Morgan fingerprint density at radius 2 is 1.14 bits per heavy atom. The molecule has 22 heavy (non-hydrogen) atoms. The average Bonchev–Trinajstić information content (AvgIpc) is 2.46. The highest BCUT2D eigenvalue weighted by molar-refractivity contribution is 6.43. The highest BCUT2D eigenvalue weighted by Crippen LogP contribution is 2.25. The summed E-state index contributed by atoms with van der Waals surface area (Å²) in [6, 6.07) is 9.30. The lowest BCUT2D eigenvalue weighted by molar-refractivity contribution is -0.133. The Morgan fingerprint density at radius 3 is 1.50 bits per heavy atom. The number of nitrogens with one attached hydrogen (secondary N) is 2. The summed E-state index contributed by atoms with van der Waals surface area (Å²) in [6.07, 6.45) is 0. The van der Waals surface area contributed by atoms with Gasteiger partial charge in [0, 0.05) is 0 Å². The molecule has 2 rings (SSSR count). The Balaban J connectivity index is 2.11. The van der Waals surface area contributed by atoms with Gasteiger partial charge in [-0.25, -0.2) is 0 Å². The Bertz CT molecular complexity index is 677. The zero-order valence-electron chi connectivity index (χ0n) is 12.2. The number of carbonyl (C=O) groups excluding carboxylic acids is 2. The smallest absolute Gasteiger partial charge is 0.314 e. The molecule has 0 saturated heterocycles. The molecule has 0 bridgehead atoms. The first-order valence-corrected chi connectivity index (χ1v) is 6.58. The average molecular weight is 300 g/mol. The van der Waals surface area contributed by atoms with Crippen molar-refractivity contribution in [3.05, 3.63) is 47.5 Å². The minimum atomic E-state index is -0.943. The molecular weight excluding hydrogens is 284 g/mol. The van der Waals surface area contributed by atoms with Gasteiger partial charge in [0.25, 0.3) is 0 Å². The molecule has 0 aliphatic rings. The Morgan fingerprint density at radius 1 is 0.773 bits per heavy atom. The van der Waals surface area contributed by atoms with Gasteiger partial charge in [-0.3, -0.25) is 9.59 Å². The van der Waals surface area contributed by atoms with Crippen molar-refractivity contribution in [1.82, 2.24) is 0 Å². The van der Waals surface area contributed by atoms with Gasteiger partial charge in [-0.05, 0) is 49.2 Å². The number of hydrogen-bond acceptors (Lipinski definition) is 4. The van der Waals surface area contributed by atoms with E-state index in [1.807, 2.05) is 0 Å². The van der Waals surface area contributed by atoms with Crippen LogP contribution in [0.25, 0.3) is 0 Å². The predicted octanol–water partition coefficient (Wildman–Crippen LogP) is 2.29. The van der Waals surface area contributed by atoms with Crippen molar-refractivity contribution in [3.63, 3.8) is 0 Å². The largest absolute Gasteiger partial charge is 0.506 e. The van der Waals surface area contributed by atoms with Gasteiger partial charge in [-0.1, -0.05) is 12.1 Å². The number of anilines is 2. The summed E-state index contributed by atoms with van der Waals surface area (Å²) in [5, 5.41) is 23.9. The number of benzene rings is 2. The summed E-state index contributed by atoms with van der Waals surface area (Å²) in [4.78, 5) is 23.7. The molecule has 6 heteroatoms. The lowest BCUT2D eigenvalue weighted by Gasteiger charge is -2.10. The summed E-state index contributed by atoms with van der Waals surface area (Å²) in [5.74, 6) is -2.15. The van der Waals surface area contributed by atoms with Crippen LogP contribution in [0.3, 0.4) is 0 Å². The third-order valence-corrected chi connectivity index (χ3v) is 3.01. The van der Waals surface area contributed by atoms with E-state index in [9.17, 15) is 19.8 Å². The number of phenolic OH excluding ortho intramolecular Hbond substituents is 2. The fourth-order valence-electron chi connectivity index (χ4n) is 1.86. The topological polar surface area (TPSA) is 98.7 Å². The molecule has 0 saturated carbocycles. The van der Waals surface area contributed by atoms with Crippen molar-refractivity contribution in [1.29, 1.82) is 0 Å². The van der Waals surface area contributed by atoms with Gasteiger partial charge >= 0.3 is 11.8 Å². The minimum absolute atomic E-state index is 0.134. The van der Waals surface area contributed by atoms with E-state index >= 15 is 0 Å². The third-order valence-electron chi connectivity index (χ3n) is 3.01. The number of hydrogen-bond donors (Lipinski definition) is 4. The maximum Gasteiger partial charge on any atom is 0.314 e. The van der Waals surface area contributed by atoms with Crippen LogP contribution >= 0.6 is 0 Å². The number of amides is 2. The van der Waals surface area contributed by atoms with Crippen molar-refractivity contribution in [2.45, 2.75) is 13.8 Å². The summed E-state index contributed by atoms with van der Waals surface area (Å²) in [6.45, 7) is 3.58. The van der Waals surface area contributed by atoms with Gasteiger partial charge in [-0.2, -0.15) is 0 Å². The molecule has 0 aliphatic heterocycles. The monoisotopic (exact) mass is 300 g/mol. The second-order valence-corrected chi connectivity index (χ2v) is 4.95. The number of aryl methyl sites for hydroxylation is 2. The van der Waals surface area contributed by atoms with Crippen molar-refractivity contribution in [2.75, 3.05) is 10.6 Å². The molecule has 0 spiro atoms. The molecule has 6 nitrogen and oxygen atoms in total. The molecule has 0 atom stereocenters. The first kappa shape index (κ1) is 15.4. The molecule has 2 amide bonds. The van der Waals surface area contributed by atoms with Gasteiger partial charge in [0.2, 0.25) is 0 Å². The van der Waals surface area contributed by atoms with E-state index in [0.717, 1.165) is 11.1 Å². The number of carbonyl (C=O) groups is 2. The fourth-order valence-corrected chi connectivity index (χ4v) is 1.86. The third kappa shape index (κ3) is 3.54. The lowest BCUT2D eigenvalue weighted by Crippen LogP contribution is -2.29. The van der Waals surface area contributed by atoms with E-state index in [2.05, 4.69) is 10.6 Å². The van der Waals surface area contributed by atoms with Crippen LogP contribution in [0, 0.1) is 13.8 Å². The van der Waals surface area contributed by atoms with Crippen LogP contribution in [-0.2, 0) is 9.59 Å². The van der Waals surface area contributed by atoms with E-state index < -0.39 is 11.8 Å². The molecule has 2 aromatic rings. The summed E-state index contributed by atoms with van der Waals surface area (Å²) in [5.41, 5.74) is 1.94. The van der Waals surface area contributed by atoms with Gasteiger partial charge < -0.3 is 20.8 Å². The van der Waals surface area contributed by atoms with E-state index in [-0.39, 0.29) is 22.9 Å². The Kier molecular flexibility index (Phi) is 4.31. The zero-order chi connectivity index (χ0) is 16.3. The minimum Gasteiger partial charge on any atom is -0.506 e. The summed E-state index contributed by atoms with van der Waals surface area (Å²) >= 11 is 0. The quantitative estimate of drug-likeness (QED) is 0.505. The number of phenols is 2. The molecular formula is C16H16N2O4. The Hall–Kier alpha value is -3.02. The molecule has 0 radical (unpaired) electrons. The number of rotatable bonds is 2. The van der Waals surface area contributed by atoms with Gasteiger partial charge in [0.05, 0.1) is 11.4 Å².